The third-order valence-electron chi connectivity index (χ3n) is 4.37. The van der Waals surface area contributed by atoms with Crippen LogP contribution in [0.2, 0.25) is 0 Å². The summed E-state index contributed by atoms with van der Waals surface area (Å²) >= 11 is 0. The van der Waals surface area contributed by atoms with Gasteiger partial charge in [-0.2, -0.15) is 5.26 Å². The maximum atomic E-state index is 12.4. The number of nitriles is 1. The molecular weight excluding hydrogens is 376 g/mol. The van der Waals surface area contributed by atoms with Crippen molar-refractivity contribution >= 4 is 18.0 Å². The van der Waals surface area contributed by atoms with Crippen molar-refractivity contribution in [3.8, 4) is 6.07 Å². The van der Waals surface area contributed by atoms with Gasteiger partial charge in [0.05, 0.1) is 17.7 Å². The van der Waals surface area contributed by atoms with Crippen LogP contribution in [0.4, 0.5) is 0 Å². The first-order valence-electron chi connectivity index (χ1n) is 9.40. The standard InChI is InChI=1S/C25H20N2O3/c26-17-20-13-11-19(12-14-20)15-16-24(29)30-18-23(28)27-25(21-7-3-1-4-8-21)22-9-5-2-6-10-22/h1-16,25H,18H2,(H,27,28)/b16-15+. The smallest absolute Gasteiger partial charge is 0.331 e. The number of amides is 1. The maximum absolute atomic E-state index is 12.4. The van der Waals surface area contributed by atoms with E-state index in [4.69, 9.17) is 10.00 Å². The normalized spacial score (nSPS) is 10.5. The van der Waals surface area contributed by atoms with Gasteiger partial charge in [-0.25, -0.2) is 4.79 Å². The van der Waals surface area contributed by atoms with Gasteiger partial charge in [0.2, 0.25) is 0 Å². The zero-order valence-electron chi connectivity index (χ0n) is 16.2. The molecule has 0 bridgehead atoms. The van der Waals surface area contributed by atoms with Gasteiger partial charge in [-0.05, 0) is 34.9 Å². The van der Waals surface area contributed by atoms with Gasteiger partial charge in [0.1, 0.15) is 0 Å². The molecule has 0 aromatic heterocycles. The molecule has 3 aromatic carbocycles. The van der Waals surface area contributed by atoms with Crippen molar-refractivity contribution in [1.82, 2.24) is 5.32 Å². The van der Waals surface area contributed by atoms with E-state index in [0.29, 0.717) is 5.56 Å². The Kier molecular flexibility index (Phi) is 7.12. The molecule has 30 heavy (non-hydrogen) atoms. The Morgan fingerprint density at radius 1 is 0.900 bits per heavy atom. The van der Waals surface area contributed by atoms with Gasteiger partial charge in [0.15, 0.2) is 6.61 Å². The van der Waals surface area contributed by atoms with E-state index < -0.39 is 11.9 Å². The van der Waals surface area contributed by atoms with Crippen molar-refractivity contribution in [3.05, 3.63) is 113 Å². The third kappa shape index (κ3) is 5.91. The second-order valence-electron chi connectivity index (χ2n) is 6.50. The van der Waals surface area contributed by atoms with Crippen molar-refractivity contribution in [2.45, 2.75) is 6.04 Å². The summed E-state index contributed by atoms with van der Waals surface area (Å²) < 4.78 is 5.05. The molecule has 0 spiro atoms. The molecule has 5 nitrogen and oxygen atoms in total. The van der Waals surface area contributed by atoms with E-state index in [9.17, 15) is 9.59 Å². The predicted octanol–water partition coefficient (Wildman–Crippen LogP) is 4.02. The first-order valence-corrected chi connectivity index (χ1v) is 9.40. The highest BCUT2D eigenvalue weighted by atomic mass is 16.5. The molecule has 0 saturated heterocycles. The second-order valence-corrected chi connectivity index (χ2v) is 6.50. The zero-order chi connectivity index (χ0) is 21.2. The fraction of sp³-hybridized carbons (Fsp3) is 0.0800. The summed E-state index contributed by atoms with van der Waals surface area (Å²) in [5.74, 6) is -1.02. The maximum Gasteiger partial charge on any atom is 0.331 e. The van der Waals surface area contributed by atoms with E-state index in [2.05, 4.69) is 5.32 Å². The SMILES string of the molecule is N#Cc1ccc(/C=C/C(=O)OCC(=O)NC(c2ccccc2)c2ccccc2)cc1. The van der Waals surface area contributed by atoms with Crippen LogP contribution in [0, 0.1) is 11.3 Å². The van der Waals surface area contributed by atoms with Gasteiger partial charge in [0.25, 0.3) is 5.91 Å². The molecule has 1 amide bonds. The van der Waals surface area contributed by atoms with E-state index in [1.165, 1.54) is 6.08 Å². The Labute approximate surface area is 175 Å². The lowest BCUT2D eigenvalue weighted by Gasteiger charge is -2.19. The van der Waals surface area contributed by atoms with E-state index in [1.807, 2.05) is 66.7 Å². The van der Waals surface area contributed by atoms with Crippen LogP contribution >= 0.6 is 0 Å². The molecule has 1 N–H and O–H groups in total. The van der Waals surface area contributed by atoms with Crippen LogP contribution < -0.4 is 5.32 Å². The zero-order valence-corrected chi connectivity index (χ0v) is 16.2. The first-order chi connectivity index (χ1) is 14.7. The van der Waals surface area contributed by atoms with E-state index in [1.54, 1.807) is 30.3 Å². The van der Waals surface area contributed by atoms with Crippen LogP contribution in [0.3, 0.4) is 0 Å². The van der Waals surface area contributed by atoms with Gasteiger partial charge in [-0.1, -0.05) is 72.8 Å². The van der Waals surface area contributed by atoms with Crippen LogP contribution in [-0.2, 0) is 14.3 Å². The average Bonchev–Trinajstić information content (AvgIpc) is 2.81. The van der Waals surface area contributed by atoms with Crippen LogP contribution in [0.5, 0.6) is 0 Å². The van der Waals surface area contributed by atoms with Gasteiger partial charge in [0, 0.05) is 6.08 Å². The molecule has 0 atom stereocenters. The molecule has 3 rings (SSSR count). The van der Waals surface area contributed by atoms with Crippen molar-refractivity contribution in [1.29, 1.82) is 5.26 Å². The average molecular weight is 396 g/mol. The number of ether oxygens (including phenoxy) is 1. The molecule has 0 unspecified atom stereocenters. The van der Waals surface area contributed by atoms with Gasteiger partial charge in [-0.3, -0.25) is 4.79 Å². The van der Waals surface area contributed by atoms with Crippen molar-refractivity contribution < 1.29 is 14.3 Å². The molecule has 148 valence electrons. The Morgan fingerprint density at radius 2 is 1.47 bits per heavy atom. The fourth-order valence-corrected chi connectivity index (χ4v) is 2.87. The number of carbonyl (C=O) groups excluding carboxylic acids is 2. The Bertz CT molecular complexity index is 1010. The molecular formula is C25H20N2O3. The summed E-state index contributed by atoms with van der Waals surface area (Å²) in [6.07, 6.45) is 2.82. The number of hydrogen-bond acceptors (Lipinski definition) is 4. The monoisotopic (exact) mass is 396 g/mol. The van der Waals surface area contributed by atoms with Crippen molar-refractivity contribution in [2.75, 3.05) is 6.61 Å². The molecule has 0 fully saturated rings. The number of carbonyl (C=O) groups is 2. The van der Waals surface area contributed by atoms with Gasteiger partial charge < -0.3 is 10.1 Å². The molecule has 0 aliphatic rings. The lowest BCUT2D eigenvalue weighted by atomic mass is 9.99. The van der Waals surface area contributed by atoms with E-state index in [-0.39, 0.29) is 12.6 Å². The Balaban J connectivity index is 1.58. The van der Waals surface area contributed by atoms with Crippen molar-refractivity contribution in [3.63, 3.8) is 0 Å². The minimum atomic E-state index is -0.620. The highest BCUT2D eigenvalue weighted by Gasteiger charge is 2.17. The number of nitrogens with zero attached hydrogens (tertiary/aromatic N) is 1. The number of nitrogens with one attached hydrogen (secondary N) is 1. The van der Waals surface area contributed by atoms with E-state index >= 15 is 0 Å². The van der Waals surface area contributed by atoms with Crippen LogP contribution in [0.25, 0.3) is 6.08 Å². The van der Waals surface area contributed by atoms with Gasteiger partial charge >= 0.3 is 5.97 Å². The molecule has 0 radical (unpaired) electrons. The molecule has 3 aromatic rings. The number of hydrogen-bond donors (Lipinski definition) is 1. The Morgan fingerprint density at radius 3 is 2.00 bits per heavy atom. The van der Waals surface area contributed by atoms with Crippen molar-refractivity contribution in [2.24, 2.45) is 0 Å². The topological polar surface area (TPSA) is 79.2 Å². The molecule has 0 aliphatic carbocycles. The molecule has 0 aliphatic heterocycles. The number of benzene rings is 3. The molecule has 5 heteroatoms. The summed E-state index contributed by atoms with van der Waals surface area (Å²) in [7, 11) is 0. The summed E-state index contributed by atoms with van der Waals surface area (Å²) in [5.41, 5.74) is 3.16. The minimum Gasteiger partial charge on any atom is -0.452 e. The predicted molar refractivity (Wildman–Crippen MR) is 114 cm³/mol. The summed E-state index contributed by atoms with van der Waals surface area (Å²) in [4.78, 5) is 24.3. The quantitative estimate of drug-likeness (QED) is 0.483. The minimum absolute atomic E-state index is 0.340. The van der Waals surface area contributed by atoms with Crippen LogP contribution in [0.1, 0.15) is 28.3 Å². The summed E-state index contributed by atoms with van der Waals surface area (Å²) in [5, 5.41) is 11.7. The fourth-order valence-electron chi connectivity index (χ4n) is 2.87. The van der Waals surface area contributed by atoms with Crippen LogP contribution in [-0.4, -0.2) is 18.5 Å². The first kappa shape index (κ1) is 20.6. The largest absolute Gasteiger partial charge is 0.452 e. The summed E-state index contributed by atoms with van der Waals surface area (Å²) in [6.45, 7) is -0.382. The van der Waals surface area contributed by atoms with Gasteiger partial charge in [-0.15, -0.1) is 0 Å². The summed E-state index contributed by atoms with van der Waals surface area (Å²) in [6, 6.07) is 27.6. The highest BCUT2D eigenvalue weighted by Crippen LogP contribution is 2.21. The molecule has 0 heterocycles. The molecule has 0 saturated carbocycles. The lowest BCUT2D eigenvalue weighted by molar-refractivity contribution is -0.143. The van der Waals surface area contributed by atoms with Crippen LogP contribution in [0.15, 0.2) is 91.0 Å². The second kappa shape index (κ2) is 10.4. The number of rotatable bonds is 7. The number of esters is 1. The Hall–Kier alpha value is -4.17. The third-order valence-corrected chi connectivity index (χ3v) is 4.37. The lowest BCUT2D eigenvalue weighted by Crippen LogP contribution is -2.32. The van der Waals surface area contributed by atoms with E-state index in [0.717, 1.165) is 16.7 Å². The highest BCUT2D eigenvalue weighted by molar-refractivity contribution is 5.89.